The summed E-state index contributed by atoms with van der Waals surface area (Å²) in [6.07, 6.45) is 3.55. The average Bonchev–Trinajstić information content (AvgIpc) is 3.17. The van der Waals surface area contributed by atoms with Crippen molar-refractivity contribution in [2.45, 2.75) is 13.0 Å². The normalized spacial score (nSPS) is 12.0. The van der Waals surface area contributed by atoms with Gasteiger partial charge in [0.1, 0.15) is 23.3 Å². The van der Waals surface area contributed by atoms with E-state index in [1.165, 1.54) is 0 Å². The minimum absolute atomic E-state index is 0.220. The molecule has 0 bridgehead atoms. The van der Waals surface area contributed by atoms with Gasteiger partial charge >= 0.3 is 0 Å². The Morgan fingerprint density at radius 2 is 2.04 bits per heavy atom. The van der Waals surface area contributed by atoms with Crippen LogP contribution in [0.3, 0.4) is 0 Å². The average molecular weight is 339 g/mol. The van der Waals surface area contributed by atoms with Gasteiger partial charge < -0.3 is 14.6 Å². The Bertz CT molecular complexity index is 897. The van der Waals surface area contributed by atoms with Gasteiger partial charge in [-0.1, -0.05) is 18.2 Å². The molecule has 0 spiro atoms. The van der Waals surface area contributed by atoms with Crippen LogP contribution in [0.5, 0.6) is 5.75 Å². The molecule has 2 heterocycles. The lowest BCUT2D eigenvalue weighted by molar-refractivity contribution is 0.0931. The molecule has 3 aromatic rings. The van der Waals surface area contributed by atoms with Crippen molar-refractivity contribution in [3.8, 4) is 5.75 Å². The third-order valence-electron chi connectivity index (χ3n) is 4.08. The summed E-state index contributed by atoms with van der Waals surface area (Å²) in [5, 5.41) is 7.30. The minimum Gasteiger partial charge on any atom is -0.496 e. The standard InChI is InChI=1S/C18H21N5O2/c1-12-11-14(23(3)21-12)18(24)20-16(17-19-9-10-22(17)2)13-7-5-6-8-15(13)25-4/h5-11,16H,1-4H3,(H,20,24). The van der Waals surface area contributed by atoms with Gasteiger partial charge in [0.2, 0.25) is 0 Å². The van der Waals surface area contributed by atoms with Crippen molar-refractivity contribution in [2.24, 2.45) is 14.1 Å². The summed E-state index contributed by atoms with van der Waals surface area (Å²) in [6.45, 7) is 1.85. The molecule has 130 valence electrons. The molecule has 0 radical (unpaired) electrons. The number of rotatable bonds is 5. The van der Waals surface area contributed by atoms with Crippen molar-refractivity contribution in [1.29, 1.82) is 0 Å². The zero-order valence-corrected chi connectivity index (χ0v) is 14.7. The fraction of sp³-hybridized carbons (Fsp3) is 0.278. The third kappa shape index (κ3) is 3.26. The number of ether oxygens (including phenoxy) is 1. The van der Waals surface area contributed by atoms with Crippen LogP contribution in [0.15, 0.2) is 42.7 Å². The van der Waals surface area contributed by atoms with E-state index in [4.69, 9.17) is 4.74 Å². The molecule has 0 saturated heterocycles. The number of imidazole rings is 1. The summed E-state index contributed by atoms with van der Waals surface area (Å²) in [5.41, 5.74) is 2.12. The number of hydrogen-bond donors (Lipinski definition) is 1. The molecule has 7 heteroatoms. The Morgan fingerprint density at radius 1 is 1.28 bits per heavy atom. The molecular formula is C18H21N5O2. The molecule has 3 rings (SSSR count). The lowest BCUT2D eigenvalue weighted by Gasteiger charge is -2.21. The maximum Gasteiger partial charge on any atom is 0.270 e. The molecule has 1 N–H and O–H groups in total. The zero-order valence-electron chi connectivity index (χ0n) is 14.7. The van der Waals surface area contributed by atoms with Crippen molar-refractivity contribution >= 4 is 5.91 Å². The molecule has 0 fully saturated rings. The van der Waals surface area contributed by atoms with Gasteiger partial charge in [0.05, 0.1) is 12.8 Å². The predicted molar refractivity (Wildman–Crippen MR) is 93.5 cm³/mol. The van der Waals surface area contributed by atoms with Crippen molar-refractivity contribution < 1.29 is 9.53 Å². The zero-order chi connectivity index (χ0) is 18.0. The van der Waals surface area contributed by atoms with Gasteiger partial charge in [-0.05, 0) is 19.1 Å². The van der Waals surface area contributed by atoms with Crippen LogP contribution in [-0.2, 0) is 14.1 Å². The van der Waals surface area contributed by atoms with Crippen LogP contribution in [0.1, 0.15) is 33.6 Å². The van der Waals surface area contributed by atoms with Crippen molar-refractivity contribution in [1.82, 2.24) is 24.6 Å². The second kappa shape index (κ2) is 6.80. The molecule has 1 aromatic carbocycles. The van der Waals surface area contributed by atoms with Gasteiger partial charge in [-0.15, -0.1) is 0 Å². The number of methoxy groups -OCH3 is 1. The van der Waals surface area contributed by atoms with Crippen LogP contribution in [0.2, 0.25) is 0 Å². The third-order valence-corrected chi connectivity index (χ3v) is 4.08. The van der Waals surface area contributed by atoms with Crippen molar-refractivity contribution in [3.05, 3.63) is 65.5 Å². The highest BCUT2D eigenvalue weighted by Gasteiger charge is 2.25. The van der Waals surface area contributed by atoms with E-state index in [0.717, 1.165) is 17.1 Å². The molecule has 25 heavy (non-hydrogen) atoms. The highest BCUT2D eigenvalue weighted by atomic mass is 16.5. The Labute approximate surface area is 146 Å². The SMILES string of the molecule is COc1ccccc1C(NC(=O)c1cc(C)nn1C)c1nccn1C. The fourth-order valence-corrected chi connectivity index (χ4v) is 2.87. The minimum atomic E-state index is -0.446. The quantitative estimate of drug-likeness (QED) is 0.771. The number of nitrogens with zero attached hydrogens (tertiary/aromatic N) is 4. The Morgan fingerprint density at radius 3 is 2.64 bits per heavy atom. The van der Waals surface area contributed by atoms with Crippen molar-refractivity contribution in [3.63, 3.8) is 0 Å². The van der Waals surface area contributed by atoms with Gasteiger partial charge in [-0.3, -0.25) is 9.48 Å². The number of carbonyl (C=O) groups is 1. The number of hydrogen-bond acceptors (Lipinski definition) is 4. The number of carbonyl (C=O) groups excluding carboxylic acids is 1. The topological polar surface area (TPSA) is 74.0 Å². The first kappa shape index (κ1) is 16.8. The number of aryl methyl sites for hydroxylation is 3. The van der Waals surface area contributed by atoms with Crippen LogP contribution >= 0.6 is 0 Å². The molecule has 1 unspecified atom stereocenters. The molecule has 0 aliphatic rings. The largest absolute Gasteiger partial charge is 0.496 e. The number of para-hydroxylation sites is 1. The summed E-state index contributed by atoms with van der Waals surface area (Å²) in [6, 6.07) is 8.91. The van der Waals surface area contributed by atoms with Crippen molar-refractivity contribution in [2.75, 3.05) is 7.11 Å². The van der Waals surface area contributed by atoms with Gasteiger partial charge in [0, 0.05) is 32.1 Å². The summed E-state index contributed by atoms with van der Waals surface area (Å²) < 4.78 is 8.93. The second-order valence-corrected chi connectivity index (χ2v) is 5.84. The molecule has 2 aromatic heterocycles. The molecule has 7 nitrogen and oxygen atoms in total. The monoisotopic (exact) mass is 339 g/mol. The number of benzene rings is 1. The van der Waals surface area contributed by atoms with E-state index < -0.39 is 6.04 Å². The lowest BCUT2D eigenvalue weighted by Crippen LogP contribution is -2.32. The van der Waals surface area contributed by atoms with Gasteiger partial charge in [0.15, 0.2) is 0 Å². The molecule has 1 atom stereocenters. The highest BCUT2D eigenvalue weighted by molar-refractivity contribution is 5.93. The molecule has 1 amide bonds. The number of aromatic nitrogens is 4. The molecule has 0 aliphatic carbocycles. The van der Waals surface area contributed by atoms with E-state index in [0.29, 0.717) is 11.4 Å². The summed E-state index contributed by atoms with van der Waals surface area (Å²) >= 11 is 0. The van der Waals surface area contributed by atoms with E-state index in [-0.39, 0.29) is 5.91 Å². The summed E-state index contributed by atoms with van der Waals surface area (Å²) in [4.78, 5) is 17.2. The second-order valence-electron chi connectivity index (χ2n) is 5.84. The number of nitrogens with one attached hydrogen (secondary N) is 1. The van der Waals surface area contributed by atoms with E-state index in [1.54, 1.807) is 31.1 Å². The molecular weight excluding hydrogens is 318 g/mol. The van der Waals surface area contributed by atoms with Crippen LogP contribution < -0.4 is 10.1 Å². The summed E-state index contributed by atoms with van der Waals surface area (Å²) in [7, 11) is 5.26. The van der Waals surface area contributed by atoms with E-state index in [9.17, 15) is 4.79 Å². The summed E-state index contributed by atoms with van der Waals surface area (Å²) in [5.74, 6) is 1.19. The van der Waals surface area contributed by atoms with E-state index >= 15 is 0 Å². The Kier molecular flexibility index (Phi) is 4.56. The first-order chi connectivity index (χ1) is 12.0. The Hall–Kier alpha value is -3.09. The first-order valence-corrected chi connectivity index (χ1v) is 7.93. The van der Waals surface area contributed by atoms with E-state index in [2.05, 4.69) is 15.4 Å². The maximum atomic E-state index is 12.8. The fourth-order valence-electron chi connectivity index (χ4n) is 2.87. The van der Waals surface area contributed by atoms with E-state index in [1.807, 2.05) is 49.0 Å². The van der Waals surface area contributed by atoms with Gasteiger partial charge in [-0.2, -0.15) is 5.10 Å². The molecule has 0 saturated carbocycles. The van der Waals surface area contributed by atoms with Crippen LogP contribution in [0, 0.1) is 6.92 Å². The van der Waals surface area contributed by atoms with Gasteiger partial charge in [-0.25, -0.2) is 4.98 Å². The van der Waals surface area contributed by atoms with Crippen LogP contribution in [0.4, 0.5) is 0 Å². The first-order valence-electron chi connectivity index (χ1n) is 7.93. The lowest BCUT2D eigenvalue weighted by atomic mass is 10.0. The highest BCUT2D eigenvalue weighted by Crippen LogP contribution is 2.29. The molecule has 0 aliphatic heterocycles. The van der Waals surface area contributed by atoms with Crippen LogP contribution in [-0.4, -0.2) is 32.3 Å². The predicted octanol–water partition coefficient (Wildman–Crippen LogP) is 1.99. The number of amides is 1. The van der Waals surface area contributed by atoms with Crippen LogP contribution in [0.25, 0.3) is 0 Å². The maximum absolute atomic E-state index is 12.8. The Balaban J connectivity index is 2.02. The smallest absolute Gasteiger partial charge is 0.270 e. The van der Waals surface area contributed by atoms with Gasteiger partial charge in [0.25, 0.3) is 5.91 Å².